The standard InChI is InChI=1S/C8H16N2O.ClH/c1-6-5-10(8(3)11)7(2)4-9-6;/h6-7,9H,4-5H2,1-3H3;1H/t6-,7+;/m0./s1. The lowest BCUT2D eigenvalue weighted by atomic mass is 10.1. The summed E-state index contributed by atoms with van der Waals surface area (Å²) < 4.78 is 0. The molecule has 0 saturated carbocycles. The molecule has 0 aromatic carbocycles. The van der Waals surface area contributed by atoms with Crippen LogP contribution in [0.5, 0.6) is 0 Å². The van der Waals surface area contributed by atoms with Gasteiger partial charge in [-0.05, 0) is 13.8 Å². The van der Waals surface area contributed by atoms with Crippen molar-refractivity contribution in [2.24, 2.45) is 0 Å². The number of nitrogens with zero attached hydrogens (tertiary/aromatic N) is 1. The number of hydrogen-bond donors (Lipinski definition) is 1. The summed E-state index contributed by atoms with van der Waals surface area (Å²) in [4.78, 5) is 13.0. The Hall–Kier alpha value is -0.280. The molecule has 2 atom stereocenters. The Bertz CT molecular complexity index is 163. The lowest BCUT2D eigenvalue weighted by Crippen LogP contribution is -2.55. The van der Waals surface area contributed by atoms with Crippen LogP contribution >= 0.6 is 12.4 Å². The van der Waals surface area contributed by atoms with Crippen molar-refractivity contribution >= 4 is 18.3 Å². The van der Waals surface area contributed by atoms with Crippen molar-refractivity contribution in [3.8, 4) is 0 Å². The zero-order chi connectivity index (χ0) is 8.43. The molecule has 1 fully saturated rings. The predicted octanol–water partition coefficient (Wildman–Crippen LogP) is 0.637. The van der Waals surface area contributed by atoms with Crippen molar-refractivity contribution in [2.75, 3.05) is 13.1 Å². The third-order valence-electron chi connectivity index (χ3n) is 2.17. The van der Waals surface area contributed by atoms with Crippen molar-refractivity contribution in [1.29, 1.82) is 0 Å². The van der Waals surface area contributed by atoms with Gasteiger partial charge in [0.1, 0.15) is 0 Å². The van der Waals surface area contributed by atoms with Crippen LogP contribution in [0.25, 0.3) is 0 Å². The van der Waals surface area contributed by atoms with Gasteiger partial charge in [0.2, 0.25) is 5.91 Å². The molecule has 1 rings (SSSR count). The molecule has 0 spiro atoms. The van der Waals surface area contributed by atoms with Gasteiger partial charge in [0, 0.05) is 32.1 Å². The molecule has 1 amide bonds. The quantitative estimate of drug-likeness (QED) is 0.611. The van der Waals surface area contributed by atoms with Gasteiger partial charge in [0.25, 0.3) is 0 Å². The van der Waals surface area contributed by atoms with E-state index in [1.807, 2.05) is 4.90 Å². The van der Waals surface area contributed by atoms with Crippen LogP contribution in [0.2, 0.25) is 0 Å². The molecule has 4 heteroatoms. The van der Waals surface area contributed by atoms with Gasteiger partial charge < -0.3 is 10.2 Å². The molecule has 12 heavy (non-hydrogen) atoms. The minimum absolute atomic E-state index is 0. The Morgan fingerprint density at radius 1 is 1.50 bits per heavy atom. The molecule has 1 aliphatic rings. The van der Waals surface area contributed by atoms with Crippen molar-refractivity contribution in [2.45, 2.75) is 32.9 Å². The van der Waals surface area contributed by atoms with Crippen molar-refractivity contribution < 1.29 is 4.79 Å². The van der Waals surface area contributed by atoms with Gasteiger partial charge in [-0.3, -0.25) is 4.79 Å². The molecule has 0 aromatic heterocycles. The summed E-state index contributed by atoms with van der Waals surface area (Å²) in [6, 6.07) is 0.791. The van der Waals surface area contributed by atoms with Gasteiger partial charge in [0.15, 0.2) is 0 Å². The van der Waals surface area contributed by atoms with Crippen LogP contribution in [0.1, 0.15) is 20.8 Å². The average Bonchev–Trinajstić information content (AvgIpc) is 1.94. The summed E-state index contributed by atoms with van der Waals surface area (Å²) in [5.41, 5.74) is 0. The van der Waals surface area contributed by atoms with Crippen LogP contribution in [0.3, 0.4) is 0 Å². The fraction of sp³-hybridized carbons (Fsp3) is 0.875. The van der Waals surface area contributed by atoms with Crippen LogP contribution in [0.15, 0.2) is 0 Å². The monoisotopic (exact) mass is 192 g/mol. The van der Waals surface area contributed by atoms with Crippen molar-refractivity contribution in [1.82, 2.24) is 10.2 Å². The van der Waals surface area contributed by atoms with Crippen LogP contribution < -0.4 is 5.32 Å². The zero-order valence-electron chi connectivity index (χ0n) is 7.83. The van der Waals surface area contributed by atoms with E-state index in [0.29, 0.717) is 12.1 Å². The van der Waals surface area contributed by atoms with Gasteiger partial charge in [-0.1, -0.05) is 0 Å². The average molecular weight is 193 g/mol. The normalized spacial score (nSPS) is 29.4. The number of hydrogen-bond acceptors (Lipinski definition) is 2. The van der Waals surface area contributed by atoms with Gasteiger partial charge in [0.05, 0.1) is 0 Å². The lowest BCUT2D eigenvalue weighted by Gasteiger charge is -2.36. The summed E-state index contributed by atoms with van der Waals surface area (Å²) in [6.45, 7) is 7.56. The fourth-order valence-electron chi connectivity index (χ4n) is 1.46. The largest absolute Gasteiger partial charge is 0.337 e. The molecule has 72 valence electrons. The predicted molar refractivity (Wildman–Crippen MR) is 51.6 cm³/mol. The van der Waals surface area contributed by atoms with Crippen LogP contribution in [-0.4, -0.2) is 36.0 Å². The molecule has 0 aliphatic carbocycles. The van der Waals surface area contributed by atoms with Gasteiger partial charge in [-0.15, -0.1) is 12.4 Å². The minimum atomic E-state index is 0. The highest BCUT2D eigenvalue weighted by atomic mass is 35.5. The maximum Gasteiger partial charge on any atom is 0.219 e. The number of carbonyl (C=O) groups excluding carboxylic acids is 1. The Balaban J connectivity index is 0.00000121. The highest BCUT2D eigenvalue weighted by Gasteiger charge is 2.23. The van der Waals surface area contributed by atoms with Gasteiger partial charge in [-0.2, -0.15) is 0 Å². The van der Waals surface area contributed by atoms with E-state index < -0.39 is 0 Å². The third kappa shape index (κ3) is 2.64. The Morgan fingerprint density at radius 2 is 2.08 bits per heavy atom. The van der Waals surface area contributed by atoms with Gasteiger partial charge >= 0.3 is 0 Å². The smallest absolute Gasteiger partial charge is 0.219 e. The number of amides is 1. The Morgan fingerprint density at radius 3 is 2.50 bits per heavy atom. The van der Waals surface area contributed by atoms with Crippen LogP contribution in [-0.2, 0) is 4.79 Å². The summed E-state index contributed by atoms with van der Waals surface area (Å²) in [5, 5.41) is 3.32. The molecule has 0 aromatic rings. The first-order valence-electron chi connectivity index (χ1n) is 4.12. The fourth-order valence-corrected chi connectivity index (χ4v) is 1.46. The summed E-state index contributed by atoms with van der Waals surface area (Å²) >= 11 is 0. The summed E-state index contributed by atoms with van der Waals surface area (Å²) in [7, 11) is 0. The second-order valence-electron chi connectivity index (χ2n) is 3.33. The highest BCUT2D eigenvalue weighted by molar-refractivity contribution is 5.85. The number of halogens is 1. The SMILES string of the molecule is CC(=O)N1C[C@H](C)NC[C@H]1C.Cl. The van der Waals surface area contributed by atoms with Crippen LogP contribution in [0, 0.1) is 0 Å². The third-order valence-corrected chi connectivity index (χ3v) is 2.17. The molecular formula is C8H17ClN2O. The zero-order valence-corrected chi connectivity index (χ0v) is 8.65. The molecule has 0 bridgehead atoms. The molecule has 1 N–H and O–H groups in total. The van der Waals surface area contributed by atoms with E-state index in [1.54, 1.807) is 6.92 Å². The number of piperazine rings is 1. The molecule has 1 aliphatic heterocycles. The van der Waals surface area contributed by atoms with E-state index in [4.69, 9.17) is 0 Å². The number of rotatable bonds is 0. The van der Waals surface area contributed by atoms with Crippen molar-refractivity contribution in [3.05, 3.63) is 0 Å². The van der Waals surface area contributed by atoms with Gasteiger partial charge in [-0.25, -0.2) is 0 Å². The van der Waals surface area contributed by atoms with E-state index in [9.17, 15) is 4.79 Å². The minimum Gasteiger partial charge on any atom is -0.337 e. The molecule has 1 saturated heterocycles. The lowest BCUT2D eigenvalue weighted by molar-refractivity contribution is -0.132. The number of nitrogens with one attached hydrogen (secondary N) is 1. The van der Waals surface area contributed by atoms with E-state index >= 15 is 0 Å². The van der Waals surface area contributed by atoms with Crippen LogP contribution in [0.4, 0.5) is 0 Å². The second-order valence-corrected chi connectivity index (χ2v) is 3.33. The maximum atomic E-state index is 11.1. The first-order valence-corrected chi connectivity index (χ1v) is 4.12. The maximum absolute atomic E-state index is 11.1. The summed E-state index contributed by atoms with van der Waals surface area (Å²) in [6.07, 6.45) is 0. The topological polar surface area (TPSA) is 32.3 Å². The first-order chi connectivity index (χ1) is 5.11. The summed E-state index contributed by atoms with van der Waals surface area (Å²) in [5.74, 6) is 0.186. The first kappa shape index (κ1) is 11.7. The molecule has 0 radical (unpaired) electrons. The van der Waals surface area contributed by atoms with E-state index in [0.717, 1.165) is 13.1 Å². The van der Waals surface area contributed by atoms with Crippen molar-refractivity contribution in [3.63, 3.8) is 0 Å². The van der Waals surface area contributed by atoms with E-state index in [-0.39, 0.29) is 18.3 Å². The second kappa shape index (κ2) is 4.67. The van der Waals surface area contributed by atoms with E-state index in [2.05, 4.69) is 19.2 Å². The molecule has 0 unspecified atom stereocenters. The van der Waals surface area contributed by atoms with E-state index in [1.165, 1.54) is 0 Å². The Labute approximate surface area is 79.9 Å². The molecular weight excluding hydrogens is 176 g/mol. The molecule has 3 nitrogen and oxygen atoms in total. The highest BCUT2D eigenvalue weighted by Crippen LogP contribution is 2.05. The number of carbonyl (C=O) groups is 1. The Kier molecular flexibility index (Phi) is 4.57. The molecule has 1 heterocycles.